The van der Waals surface area contributed by atoms with E-state index in [1.54, 1.807) is 12.1 Å². The summed E-state index contributed by atoms with van der Waals surface area (Å²) in [4.78, 5) is 0. The maximum absolute atomic E-state index is 10.1. The van der Waals surface area contributed by atoms with Gasteiger partial charge in [-0.05, 0) is 64.6 Å². The predicted molar refractivity (Wildman–Crippen MR) is 108 cm³/mol. The van der Waals surface area contributed by atoms with Crippen molar-refractivity contribution in [2.24, 2.45) is 0 Å². The van der Waals surface area contributed by atoms with Crippen molar-refractivity contribution < 1.29 is 17.2 Å². The van der Waals surface area contributed by atoms with Gasteiger partial charge in [0.2, 0.25) is 10.4 Å². The van der Waals surface area contributed by atoms with Crippen LogP contribution in [0.5, 0.6) is 0 Å². The van der Waals surface area contributed by atoms with E-state index in [4.69, 9.17) is 0 Å². The molecule has 0 aliphatic heterocycles. The minimum Gasteiger partial charge on any atom is -0.726 e. The summed E-state index contributed by atoms with van der Waals surface area (Å²) in [5, 5.41) is 0. The molecule has 6 heteroatoms. The van der Waals surface area contributed by atoms with Crippen LogP contribution in [0.1, 0.15) is 43.9 Å². The van der Waals surface area contributed by atoms with Crippen LogP contribution in [0.2, 0.25) is 0 Å². The highest BCUT2D eigenvalue weighted by Gasteiger charge is 2.16. The first kappa shape index (κ1) is 22.1. The molecule has 0 atom stereocenters. The van der Waals surface area contributed by atoms with Crippen molar-refractivity contribution in [2.45, 2.75) is 46.1 Å². The summed E-state index contributed by atoms with van der Waals surface area (Å²) in [6, 6.07) is 15.9. The number of rotatable bonds is 5. The van der Waals surface area contributed by atoms with Crippen molar-refractivity contribution in [1.82, 2.24) is 0 Å². The molecule has 2 aromatic carbocycles. The SMILES string of the molecule is CCC(C)(C)c1ccc(I)cc1.Cc1ccc(COS(=O)(=O)[O-])cc1. The molecule has 0 amide bonds. The molecule has 0 fully saturated rings. The molecule has 0 heterocycles. The van der Waals surface area contributed by atoms with Gasteiger partial charge in [0.15, 0.2) is 0 Å². The van der Waals surface area contributed by atoms with E-state index < -0.39 is 10.4 Å². The molecule has 0 spiro atoms. The number of hydrogen-bond donors (Lipinski definition) is 0. The maximum atomic E-state index is 10.1. The number of aryl methyl sites for hydroxylation is 1. The molecule has 0 aromatic heterocycles. The van der Waals surface area contributed by atoms with E-state index >= 15 is 0 Å². The van der Waals surface area contributed by atoms with Gasteiger partial charge in [0, 0.05) is 3.57 Å². The van der Waals surface area contributed by atoms with Gasteiger partial charge in [-0.25, -0.2) is 8.42 Å². The minimum atomic E-state index is -4.58. The molecule has 0 aliphatic rings. The normalized spacial score (nSPS) is 11.6. The zero-order valence-electron chi connectivity index (χ0n) is 15.0. The lowest BCUT2D eigenvalue weighted by Crippen LogP contribution is -2.14. The van der Waals surface area contributed by atoms with Crippen LogP contribution in [0.15, 0.2) is 48.5 Å². The molecule has 0 saturated heterocycles. The highest BCUT2D eigenvalue weighted by atomic mass is 127. The van der Waals surface area contributed by atoms with E-state index in [-0.39, 0.29) is 6.61 Å². The Morgan fingerprint density at radius 3 is 2.00 bits per heavy atom. The third-order valence-electron chi connectivity index (χ3n) is 4.00. The van der Waals surface area contributed by atoms with E-state index in [0.29, 0.717) is 11.0 Å². The van der Waals surface area contributed by atoms with Gasteiger partial charge in [0.25, 0.3) is 0 Å². The van der Waals surface area contributed by atoms with Gasteiger partial charge in [0.1, 0.15) is 0 Å². The monoisotopic (exact) mass is 475 g/mol. The fourth-order valence-corrected chi connectivity index (χ4v) is 2.57. The standard InChI is InChI=1S/C11H15I.C8H10O4S/c1-4-11(2,3)9-5-7-10(12)8-6-9;1-7-2-4-8(5-3-7)6-12-13(9,10)11/h5-8H,4H2,1-3H3;2-5H,6H2,1H3,(H,9,10,11)/p-1. The predicted octanol–water partition coefficient (Wildman–Crippen LogP) is 4.95. The summed E-state index contributed by atoms with van der Waals surface area (Å²) in [6.07, 6.45) is 1.19. The fourth-order valence-electron chi connectivity index (χ4n) is 1.93. The van der Waals surface area contributed by atoms with Crippen LogP contribution in [0, 0.1) is 10.5 Å². The topological polar surface area (TPSA) is 66.4 Å². The van der Waals surface area contributed by atoms with Crippen LogP contribution < -0.4 is 0 Å². The number of halogens is 1. The lowest BCUT2D eigenvalue weighted by Gasteiger charge is -2.23. The Balaban J connectivity index is 0.000000251. The highest BCUT2D eigenvalue weighted by molar-refractivity contribution is 14.1. The van der Waals surface area contributed by atoms with Gasteiger partial charge in [-0.1, -0.05) is 62.7 Å². The second-order valence-electron chi connectivity index (χ2n) is 6.40. The van der Waals surface area contributed by atoms with Gasteiger partial charge < -0.3 is 4.55 Å². The molecular formula is C19H24IO4S-. The Kier molecular flexibility index (Phi) is 8.53. The van der Waals surface area contributed by atoms with Gasteiger partial charge in [0.05, 0.1) is 6.61 Å². The Bertz CT molecular complexity index is 751. The summed E-state index contributed by atoms with van der Waals surface area (Å²) in [5.74, 6) is 0. The number of benzene rings is 2. The second kappa shape index (κ2) is 9.66. The zero-order chi connectivity index (χ0) is 19.1. The van der Waals surface area contributed by atoms with E-state index in [1.165, 1.54) is 15.6 Å². The van der Waals surface area contributed by atoms with Crippen molar-refractivity contribution in [2.75, 3.05) is 0 Å². The van der Waals surface area contributed by atoms with Crippen LogP contribution in [0.25, 0.3) is 0 Å². The average Bonchev–Trinajstić information content (AvgIpc) is 2.55. The van der Waals surface area contributed by atoms with Crippen molar-refractivity contribution in [3.05, 3.63) is 68.8 Å². The van der Waals surface area contributed by atoms with Crippen LogP contribution >= 0.6 is 22.6 Å². The first-order valence-electron chi connectivity index (χ1n) is 7.95. The minimum absolute atomic E-state index is 0.202. The van der Waals surface area contributed by atoms with Crippen molar-refractivity contribution >= 4 is 33.0 Å². The Morgan fingerprint density at radius 2 is 1.56 bits per heavy atom. The van der Waals surface area contributed by atoms with Crippen molar-refractivity contribution in [3.8, 4) is 0 Å². The van der Waals surface area contributed by atoms with Gasteiger partial charge in [-0.2, -0.15) is 0 Å². The Hall–Kier alpha value is -0.960. The number of hydrogen-bond acceptors (Lipinski definition) is 4. The molecule has 0 radical (unpaired) electrons. The van der Waals surface area contributed by atoms with Crippen molar-refractivity contribution in [1.29, 1.82) is 0 Å². The zero-order valence-corrected chi connectivity index (χ0v) is 17.9. The van der Waals surface area contributed by atoms with Crippen LogP contribution in [-0.4, -0.2) is 13.0 Å². The quantitative estimate of drug-likeness (QED) is 0.349. The second-order valence-corrected chi connectivity index (χ2v) is 8.70. The summed E-state index contributed by atoms with van der Waals surface area (Å²) in [5.41, 5.74) is 3.48. The van der Waals surface area contributed by atoms with Crippen LogP contribution in [-0.2, 0) is 26.6 Å². The molecule has 138 valence electrons. The van der Waals surface area contributed by atoms with Gasteiger partial charge in [-0.15, -0.1) is 0 Å². The highest BCUT2D eigenvalue weighted by Crippen LogP contribution is 2.26. The average molecular weight is 475 g/mol. The summed E-state index contributed by atoms with van der Waals surface area (Å²) >= 11 is 2.34. The smallest absolute Gasteiger partial charge is 0.217 e. The molecule has 0 aliphatic carbocycles. The van der Waals surface area contributed by atoms with E-state index in [2.05, 4.69) is 71.8 Å². The molecule has 4 nitrogen and oxygen atoms in total. The first-order chi connectivity index (χ1) is 11.5. The summed E-state index contributed by atoms with van der Waals surface area (Å²) < 4.78 is 35.7. The largest absolute Gasteiger partial charge is 0.726 e. The van der Waals surface area contributed by atoms with Gasteiger partial charge >= 0.3 is 0 Å². The Labute approximate surface area is 164 Å². The van der Waals surface area contributed by atoms with Gasteiger partial charge in [-0.3, -0.25) is 4.18 Å². The van der Waals surface area contributed by atoms with E-state index in [9.17, 15) is 13.0 Å². The third-order valence-corrected chi connectivity index (χ3v) is 5.13. The fraction of sp³-hybridized carbons (Fsp3) is 0.368. The Morgan fingerprint density at radius 1 is 1.04 bits per heavy atom. The van der Waals surface area contributed by atoms with Crippen LogP contribution in [0.4, 0.5) is 0 Å². The molecule has 0 unspecified atom stereocenters. The molecule has 2 aromatic rings. The van der Waals surface area contributed by atoms with E-state index in [1.807, 2.05) is 19.1 Å². The van der Waals surface area contributed by atoms with E-state index in [0.717, 1.165) is 5.56 Å². The lowest BCUT2D eigenvalue weighted by molar-refractivity contribution is 0.253. The maximum Gasteiger partial charge on any atom is 0.217 e. The third kappa shape index (κ3) is 8.80. The van der Waals surface area contributed by atoms with Crippen molar-refractivity contribution in [3.63, 3.8) is 0 Å². The molecule has 25 heavy (non-hydrogen) atoms. The summed E-state index contributed by atoms with van der Waals surface area (Å²) in [6.45, 7) is 8.52. The molecule has 0 N–H and O–H groups in total. The lowest BCUT2D eigenvalue weighted by atomic mass is 9.82. The summed E-state index contributed by atoms with van der Waals surface area (Å²) in [7, 11) is -4.58. The van der Waals surface area contributed by atoms with Crippen LogP contribution in [0.3, 0.4) is 0 Å². The molecule has 0 bridgehead atoms. The molecule has 0 saturated carbocycles. The molecule has 2 rings (SSSR count). The first-order valence-corrected chi connectivity index (χ1v) is 10.4. The molecular weight excluding hydrogens is 451 g/mol.